The number of esters is 2. The van der Waals surface area contributed by atoms with Gasteiger partial charge in [-0.25, -0.2) is 0 Å². The smallest absolute Gasteiger partial charge is 0.308 e. The van der Waals surface area contributed by atoms with Crippen molar-refractivity contribution in [3.63, 3.8) is 0 Å². The summed E-state index contributed by atoms with van der Waals surface area (Å²) in [6.45, 7) is 5.75. The van der Waals surface area contributed by atoms with Crippen molar-refractivity contribution in [2.45, 2.75) is 27.2 Å². The molecule has 0 N–H and O–H groups in total. The van der Waals surface area contributed by atoms with Crippen LogP contribution in [-0.4, -0.2) is 35.8 Å². The molecule has 0 aliphatic carbocycles. The lowest BCUT2D eigenvalue weighted by atomic mass is 9.96. The molecule has 0 aromatic rings. The molecule has 0 spiro atoms. The Bertz CT molecular complexity index is 275. The number of ether oxygens (including phenoxy) is 2. The van der Waals surface area contributed by atoms with Gasteiger partial charge in [0.1, 0.15) is 13.2 Å². The summed E-state index contributed by atoms with van der Waals surface area (Å²) in [6.07, 6.45) is 0.340. The molecule has 0 unspecified atom stereocenters. The Morgan fingerprint density at radius 1 is 1.11 bits per heavy atom. The highest BCUT2D eigenvalue weighted by Gasteiger charge is 2.32. The van der Waals surface area contributed by atoms with Crippen LogP contribution in [0.15, 0.2) is 0 Å². The average molecular weight is 388 g/mol. The first-order chi connectivity index (χ1) is 8.40. The predicted octanol–water partition coefficient (Wildman–Crippen LogP) is 2.92. The quantitative estimate of drug-likeness (QED) is 0.474. The lowest BCUT2D eigenvalue weighted by molar-refractivity contribution is -0.154. The molecule has 0 aliphatic heterocycles. The zero-order valence-electron chi connectivity index (χ0n) is 11.0. The van der Waals surface area contributed by atoms with E-state index in [1.54, 1.807) is 20.8 Å². The standard InChI is InChI=1S/C12H20Br2O4/c1-4-10(15)17-7-12(5-13,6-14)8-18-11(16)9(2)3/h9H,4-8H2,1-3H3. The van der Waals surface area contributed by atoms with Crippen LogP contribution in [0.3, 0.4) is 0 Å². The van der Waals surface area contributed by atoms with Crippen molar-refractivity contribution in [3.8, 4) is 0 Å². The summed E-state index contributed by atoms with van der Waals surface area (Å²) in [4.78, 5) is 22.6. The summed E-state index contributed by atoms with van der Waals surface area (Å²) in [5, 5.41) is 1.15. The average Bonchev–Trinajstić information content (AvgIpc) is 2.38. The summed E-state index contributed by atoms with van der Waals surface area (Å²) in [6, 6.07) is 0. The van der Waals surface area contributed by atoms with E-state index in [1.165, 1.54) is 0 Å². The topological polar surface area (TPSA) is 52.6 Å². The van der Waals surface area contributed by atoms with E-state index in [1.807, 2.05) is 0 Å². The fourth-order valence-corrected chi connectivity index (χ4v) is 2.53. The van der Waals surface area contributed by atoms with Gasteiger partial charge in [-0.05, 0) is 0 Å². The van der Waals surface area contributed by atoms with Crippen LogP contribution in [0.5, 0.6) is 0 Å². The van der Waals surface area contributed by atoms with Crippen molar-refractivity contribution >= 4 is 43.8 Å². The molecule has 0 bridgehead atoms. The van der Waals surface area contributed by atoms with Gasteiger partial charge >= 0.3 is 11.9 Å². The van der Waals surface area contributed by atoms with Gasteiger partial charge in [0.2, 0.25) is 0 Å². The molecule has 0 radical (unpaired) electrons. The molecule has 0 aromatic heterocycles. The molecule has 106 valence electrons. The summed E-state index contributed by atoms with van der Waals surface area (Å²) < 4.78 is 10.4. The molecule has 0 saturated heterocycles. The maximum Gasteiger partial charge on any atom is 0.308 e. The summed E-state index contributed by atoms with van der Waals surface area (Å²) in [7, 11) is 0. The highest BCUT2D eigenvalue weighted by Crippen LogP contribution is 2.25. The van der Waals surface area contributed by atoms with Gasteiger partial charge in [0.05, 0.1) is 11.3 Å². The van der Waals surface area contributed by atoms with Crippen molar-refractivity contribution in [1.82, 2.24) is 0 Å². The molecular formula is C12H20Br2O4. The fourth-order valence-electron chi connectivity index (χ4n) is 0.958. The predicted molar refractivity (Wildman–Crippen MR) is 77.1 cm³/mol. The molecule has 0 aromatic carbocycles. The molecule has 0 fully saturated rings. The zero-order valence-corrected chi connectivity index (χ0v) is 14.2. The van der Waals surface area contributed by atoms with Gasteiger partial charge in [-0.3, -0.25) is 9.59 Å². The Hall–Kier alpha value is -0.100. The number of rotatable bonds is 8. The highest BCUT2D eigenvalue weighted by atomic mass is 79.9. The molecule has 18 heavy (non-hydrogen) atoms. The maximum absolute atomic E-state index is 11.5. The van der Waals surface area contributed by atoms with Gasteiger partial charge in [0.15, 0.2) is 0 Å². The lowest BCUT2D eigenvalue weighted by Gasteiger charge is -2.29. The number of carbonyl (C=O) groups is 2. The first-order valence-electron chi connectivity index (χ1n) is 5.85. The van der Waals surface area contributed by atoms with Gasteiger partial charge in [-0.15, -0.1) is 0 Å². The number of halogens is 2. The van der Waals surface area contributed by atoms with Gasteiger partial charge in [0, 0.05) is 17.1 Å². The first kappa shape index (κ1) is 17.9. The monoisotopic (exact) mass is 386 g/mol. The Labute approximate surface area is 125 Å². The third kappa shape index (κ3) is 6.18. The van der Waals surface area contributed by atoms with Crippen LogP contribution >= 0.6 is 31.9 Å². The van der Waals surface area contributed by atoms with Gasteiger partial charge in [0.25, 0.3) is 0 Å². The molecule has 0 heterocycles. The van der Waals surface area contributed by atoms with Crippen LogP contribution in [0, 0.1) is 11.3 Å². The van der Waals surface area contributed by atoms with Crippen LogP contribution in [0.4, 0.5) is 0 Å². The zero-order chi connectivity index (χ0) is 14.2. The van der Waals surface area contributed by atoms with E-state index in [-0.39, 0.29) is 31.1 Å². The maximum atomic E-state index is 11.5. The highest BCUT2D eigenvalue weighted by molar-refractivity contribution is 9.09. The van der Waals surface area contributed by atoms with Gasteiger partial charge in [-0.2, -0.15) is 0 Å². The van der Waals surface area contributed by atoms with Crippen molar-refractivity contribution in [2.75, 3.05) is 23.9 Å². The minimum absolute atomic E-state index is 0.161. The van der Waals surface area contributed by atoms with E-state index >= 15 is 0 Å². The van der Waals surface area contributed by atoms with Crippen LogP contribution < -0.4 is 0 Å². The molecular weight excluding hydrogens is 368 g/mol. The van der Waals surface area contributed by atoms with E-state index in [2.05, 4.69) is 31.9 Å². The van der Waals surface area contributed by atoms with E-state index in [0.29, 0.717) is 17.1 Å². The summed E-state index contributed by atoms with van der Waals surface area (Å²) >= 11 is 6.76. The fraction of sp³-hybridized carbons (Fsp3) is 0.833. The number of hydrogen-bond donors (Lipinski definition) is 0. The van der Waals surface area contributed by atoms with Crippen molar-refractivity contribution in [2.24, 2.45) is 11.3 Å². The summed E-state index contributed by atoms with van der Waals surface area (Å²) in [5.41, 5.74) is -0.421. The molecule has 0 saturated carbocycles. The van der Waals surface area contributed by atoms with Gasteiger partial charge in [-0.1, -0.05) is 52.6 Å². The third-order valence-electron chi connectivity index (χ3n) is 2.39. The van der Waals surface area contributed by atoms with E-state index in [4.69, 9.17) is 9.47 Å². The second kappa shape index (κ2) is 8.91. The lowest BCUT2D eigenvalue weighted by Crippen LogP contribution is -2.38. The van der Waals surface area contributed by atoms with Crippen LogP contribution in [0.25, 0.3) is 0 Å². The Morgan fingerprint density at radius 3 is 2.00 bits per heavy atom. The second-order valence-corrected chi connectivity index (χ2v) is 5.67. The SMILES string of the molecule is CCC(=O)OCC(CBr)(CBr)COC(=O)C(C)C. The number of hydrogen-bond acceptors (Lipinski definition) is 4. The van der Waals surface area contributed by atoms with Gasteiger partial charge < -0.3 is 9.47 Å². The van der Waals surface area contributed by atoms with Crippen molar-refractivity contribution in [1.29, 1.82) is 0 Å². The number of alkyl halides is 2. The number of carbonyl (C=O) groups excluding carboxylic acids is 2. The minimum atomic E-state index is -0.421. The Morgan fingerprint density at radius 2 is 1.61 bits per heavy atom. The third-order valence-corrected chi connectivity index (χ3v) is 4.77. The largest absolute Gasteiger partial charge is 0.465 e. The molecule has 0 amide bonds. The second-order valence-electron chi connectivity index (χ2n) is 4.54. The van der Waals surface area contributed by atoms with Crippen molar-refractivity contribution < 1.29 is 19.1 Å². The van der Waals surface area contributed by atoms with Crippen molar-refractivity contribution in [3.05, 3.63) is 0 Å². The molecule has 0 rings (SSSR count). The normalized spacial score (nSPS) is 11.4. The Balaban J connectivity index is 4.42. The molecule has 6 heteroatoms. The van der Waals surface area contributed by atoms with Crippen LogP contribution in [-0.2, 0) is 19.1 Å². The minimum Gasteiger partial charge on any atom is -0.465 e. The van der Waals surface area contributed by atoms with E-state index in [9.17, 15) is 9.59 Å². The van der Waals surface area contributed by atoms with Crippen LogP contribution in [0.1, 0.15) is 27.2 Å². The van der Waals surface area contributed by atoms with E-state index in [0.717, 1.165) is 0 Å². The molecule has 0 atom stereocenters. The first-order valence-corrected chi connectivity index (χ1v) is 8.09. The Kier molecular flexibility index (Phi) is 8.86. The molecule has 4 nitrogen and oxygen atoms in total. The van der Waals surface area contributed by atoms with E-state index < -0.39 is 5.41 Å². The van der Waals surface area contributed by atoms with Crippen LogP contribution in [0.2, 0.25) is 0 Å². The summed E-state index contributed by atoms with van der Waals surface area (Å²) in [5.74, 6) is -0.661. The molecule has 0 aliphatic rings.